The Morgan fingerprint density at radius 1 is 1.19 bits per heavy atom. The van der Waals surface area contributed by atoms with Crippen LogP contribution < -0.4 is 0 Å². The number of hydrogen-bond donors (Lipinski definition) is 0. The van der Waals surface area contributed by atoms with Gasteiger partial charge in [-0.2, -0.15) is 22.0 Å². The summed E-state index contributed by atoms with van der Waals surface area (Å²) in [6.45, 7) is 5.70. The van der Waals surface area contributed by atoms with Crippen molar-refractivity contribution < 1.29 is 31.5 Å². The maximum atomic E-state index is 12.8. The van der Waals surface area contributed by atoms with Crippen LogP contribution in [-0.2, 0) is 9.53 Å². The van der Waals surface area contributed by atoms with Gasteiger partial charge in [-0.05, 0) is 18.8 Å². The molecule has 8 heteroatoms. The van der Waals surface area contributed by atoms with Crippen molar-refractivity contribution in [3.05, 3.63) is 0 Å². The molecule has 21 heavy (non-hydrogen) atoms. The van der Waals surface area contributed by atoms with Gasteiger partial charge in [0.1, 0.15) is 5.25 Å². The van der Waals surface area contributed by atoms with Crippen molar-refractivity contribution in [3.8, 4) is 0 Å². The van der Waals surface area contributed by atoms with Crippen LogP contribution in [-0.4, -0.2) is 35.7 Å². The molecule has 0 saturated heterocycles. The van der Waals surface area contributed by atoms with E-state index in [9.17, 15) is 26.7 Å². The first-order valence-corrected chi connectivity index (χ1v) is 7.79. The lowest BCUT2D eigenvalue weighted by Gasteiger charge is -2.21. The number of esters is 1. The van der Waals surface area contributed by atoms with E-state index in [4.69, 9.17) is 4.74 Å². The van der Waals surface area contributed by atoms with Gasteiger partial charge in [0.25, 0.3) is 0 Å². The first-order chi connectivity index (χ1) is 9.51. The molecule has 0 aliphatic rings. The van der Waals surface area contributed by atoms with Gasteiger partial charge in [-0.3, -0.25) is 4.79 Å². The molecule has 0 aromatic rings. The highest BCUT2D eigenvalue weighted by atomic mass is 32.2. The highest BCUT2D eigenvalue weighted by Gasteiger charge is 2.56. The lowest BCUT2D eigenvalue weighted by atomic mass is 10.1. The van der Waals surface area contributed by atoms with Crippen LogP contribution in [0.3, 0.4) is 0 Å². The number of hydrogen-bond acceptors (Lipinski definition) is 3. The van der Waals surface area contributed by atoms with E-state index in [-0.39, 0.29) is 12.5 Å². The third-order valence-corrected chi connectivity index (χ3v) is 3.77. The van der Waals surface area contributed by atoms with Crippen molar-refractivity contribution in [1.82, 2.24) is 0 Å². The fraction of sp³-hybridized carbons (Fsp3) is 0.923. The Morgan fingerprint density at radius 2 is 1.76 bits per heavy atom. The molecule has 0 bridgehead atoms. The molecule has 0 heterocycles. The minimum Gasteiger partial charge on any atom is -0.465 e. The van der Waals surface area contributed by atoms with E-state index in [0.717, 1.165) is 11.8 Å². The molecule has 1 atom stereocenters. The van der Waals surface area contributed by atoms with Crippen LogP contribution in [0.4, 0.5) is 22.0 Å². The van der Waals surface area contributed by atoms with Crippen molar-refractivity contribution >= 4 is 17.7 Å². The number of ether oxygens (including phenoxy) is 1. The third kappa shape index (κ3) is 7.87. The van der Waals surface area contributed by atoms with Gasteiger partial charge in [-0.25, -0.2) is 0 Å². The van der Waals surface area contributed by atoms with Crippen molar-refractivity contribution in [2.75, 3.05) is 12.4 Å². The Kier molecular flexibility index (Phi) is 8.58. The Labute approximate surface area is 125 Å². The van der Waals surface area contributed by atoms with Crippen LogP contribution in [0.15, 0.2) is 0 Å². The molecule has 0 rings (SSSR count). The topological polar surface area (TPSA) is 26.3 Å². The van der Waals surface area contributed by atoms with Crippen LogP contribution in [0.5, 0.6) is 0 Å². The summed E-state index contributed by atoms with van der Waals surface area (Å²) in [5.41, 5.74) is 0. The van der Waals surface area contributed by atoms with Gasteiger partial charge < -0.3 is 4.74 Å². The highest BCUT2D eigenvalue weighted by Crippen LogP contribution is 2.39. The monoisotopic (exact) mass is 336 g/mol. The van der Waals surface area contributed by atoms with Crippen molar-refractivity contribution in [2.24, 2.45) is 5.92 Å². The zero-order chi connectivity index (χ0) is 16.7. The zero-order valence-corrected chi connectivity index (χ0v) is 13.1. The van der Waals surface area contributed by atoms with Gasteiger partial charge in [-0.15, -0.1) is 11.8 Å². The van der Waals surface area contributed by atoms with Gasteiger partial charge in [0.2, 0.25) is 0 Å². The average molecular weight is 336 g/mol. The van der Waals surface area contributed by atoms with Crippen LogP contribution in [0.1, 0.15) is 40.0 Å². The molecule has 0 aromatic carbocycles. The molecule has 0 aliphatic heterocycles. The maximum Gasteiger partial charge on any atom is 0.453 e. The summed E-state index contributed by atoms with van der Waals surface area (Å²) in [6, 6.07) is 0. The summed E-state index contributed by atoms with van der Waals surface area (Å²) >= 11 is 0.797. The largest absolute Gasteiger partial charge is 0.465 e. The van der Waals surface area contributed by atoms with Gasteiger partial charge in [0.05, 0.1) is 6.61 Å². The molecule has 2 nitrogen and oxygen atoms in total. The Hall–Kier alpha value is -0.530. The van der Waals surface area contributed by atoms with E-state index >= 15 is 0 Å². The fourth-order valence-electron chi connectivity index (χ4n) is 1.43. The molecule has 0 radical (unpaired) electrons. The lowest BCUT2D eigenvalue weighted by molar-refractivity contribution is -0.282. The summed E-state index contributed by atoms with van der Waals surface area (Å²) in [5, 5.41) is -0.708. The molecule has 1 unspecified atom stereocenters. The molecule has 126 valence electrons. The van der Waals surface area contributed by atoms with Gasteiger partial charge in [-0.1, -0.05) is 20.8 Å². The number of halogens is 5. The van der Waals surface area contributed by atoms with Gasteiger partial charge in [0, 0.05) is 12.2 Å². The minimum absolute atomic E-state index is 0.111. The first kappa shape index (κ1) is 20.5. The van der Waals surface area contributed by atoms with Crippen LogP contribution in [0, 0.1) is 5.92 Å². The van der Waals surface area contributed by atoms with Crippen molar-refractivity contribution in [2.45, 2.75) is 57.4 Å². The smallest absolute Gasteiger partial charge is 0.453 e. The molecule has 0 fully saturated rings. The number of carbonyl (C=O) groups is 1. The van der Waals surface area contributed by atoms with E-state index < -0.39 is 35.5 Å². The summed E-state index contributed by atoms with van der Waals surface area (Å²) in [5.74, 6) is -5.62. The SMILES string of the molecule is CCCOC(=O)C(CC(C)C)SCCC(F)(F)C(F)(F)F. The van der Waals surface area contributed by atoms with Crippen molar-refractivity contribution in [1.29, 1.82) is 0 Å². The number of rotatable bonds is 9. The van der Waals surface area contributed by atoms with E-state index in [1.807, 2.05) is 20.8 Å². The fourth-order valence-corrected chi connectivity index (χ4v) is 2.81. The van der Waals surface area contributed by atoms with Crippen LogP contribution >= 0.6 is 11.8 Å². The Bertz CT molecular complexity index is 318. The molecule has 0 N–H and O–H groups in total. The quantitative estimate of drug-likeness (QED) is 0.452. The molecule has 0 aromatic heterocycles. The second kappa shape index (κ2) is 8.80. The normalized spacial score (nSPS) is 14.3. The summed E-state index contributed by atoms with van der Waals surface area (Å²) in [6.07, 6.45) is -5.89. The first-order valence-electron chi connectivity index (χ1n) is 6.74. The van der Waals surface area contributed by atoms with Gasteiger partial charge >= 0.3 is 18.1 Å². The second-order valence-electron chi connectivity index (χ2n) is 5.11. The number of alkyl halides is 5. The zero-order valence-electron chi connectivity index (χ0n) is 12.3. The van der Waals surface area contributed by atoms with Crippen LogP contribution in [0.25, 0.3) is 0 Å². The van der Waals surface area contributed by atoms with E-state index in [2.05, 4.69) is 0 Å². The summed E-state index contributed by atoms with van der Waals surface area (Å²) in [4.78, 5) is 11.7. The predicted octanol–water partition coefficient (Wildman–Crippen LogP) is 4.68. The number of carbonyl (C=O) groups excluding carboxylic acids is 1. The summed E-state index contributed by atoms with van der Waals surface area (Å²) < 4.78 is 66.6. The maximum absolute atomic E-state index is 12.8. The average Bonchev–Trinajstić information content (AvgIpc) is 2.32. The Morgan fingerprint density at radius 3 is 2.19 bits per heavy atom. The molecule has 0 aliphatic carbocycles. The Balaban J connectivity index is 4.46. The standard InChI is InChI=1S/C13H21F5O2S/c1-4-6-20-11(19)10(8-9(2)3)21-7-5-12(14,15)13(16,17)18/h9-10H,4-8H2,1-3H3. The minimum atomic E-state index is -5.55. The molecule has 0 amide bonds. The van der Waals surface area contributed by atoms with Crippen LogP contribution in [0.2, 0.25) is 0 Å². The highest BCUT2D eigenvalue weighted by molar-refractivity contribution is 8.00. The van der Waals surface area contributed by atoms with E-state index in [0.29, 0.717) is 12.8 Å². The molecule has 0 spiro atoms. The van der Waals surface area contributed by atoms with E-state index in [1.54, 1.807) is 0 Å². The second-order valence-corrected chi connectivity index (χ2v) is 6.42. The summed E-state index contributed by atoms with van der Waals surface area (Å²) in [7, 11) is 0. The molecular formula is C13H21F5O2S. The van der Waals surface area contributed by atoms with Crippen molar-refractivity contribution in [3.63, 3.8) is 0 Å². The molecule has 0 saturated carbocycles. The lowest BCUT2D eigenvalue weighted by Crippen LogP contribution is -2.37. The number of thioether (sulfide) groups is 1. The van der Waals surface area contributed by atoms with E-state index in [1.165, 1.54) is 0 Å². The predicted molar refractivity (Wildman–Crippen MR) is 72.6 cm³/mol. The third-order valence-electron chi connectivity index (χ3n) is 2.55. The van der Waals surface area contributed by atoms with Gasteiger partial charge in [0.15, 0.2) is 0 Å². The molecular weight excluding hydrogens is 315 g/mol.